The number of hydrogen-bond donors (Lipinski definition) is 1. The first-order valence-electron chi connectivity index (χ1n) is 4.20. The van der Waals surface area contributed by atoms with E-state index in [1.54, 1.807) is 0 Å². The molecule has 0 radical (unpaired) electrons. The minimum Gasteiger partial charge on any atom is -0.395 e. The summed E-state index contributed by atoms with van der Waals surface area (Å²) in [5.74, 6) is 0.927. The molecule has 1 fully saturated rings. The van der Waals surface area contributed by atoms with E-state index >= 15 is 0 Å². The Kier molecular flexibility index (Phi) is 3.16. The van der Waals surface area contributed by atoms with E-state index in [2.05, 4.69) is 11.8 Å². The van der Waals surface area contributed by atoms with Crippen LogP contribution in [0.4, 0.5) is 0 Å². The normalized spacial score (nSPS) is 21.0. The van der Waals surface area contributed by atoms with Crippen molar-refractivity contribution in [2.75, 3.05) is 26.2 Å². The van der Waals surface area contributed by atoms with Crippen molar-refractivity contribution in [2.24, 2.45) is 5.92 Å². The number of aliphatic hydroxyl groups excluding tert-OH is 1. The van der Waals surface area contributed by atoms with Crippen molar-refractivity contribution >= 4 is 0 Å². The summed E-state index contributed by atoms with van der Waals surface area (Å²) < 4.78 is 0. The molecule has 1 N–H and O–H groups in total. The van der Waals surface area contributed by atoms with Gasteiger partial charge in [0.2, 0.25) is 0 Å². The second-order valence-corrected chi connectivity index (χ2v) is 3.14. The zero-order valence-corrected chi connectivity index (χ0v) is 6.71. The number of rotatable bonds is 4. The van der Waals surface area contributed by atoms with Gasteiger partial charge < -0.3 is 10.0 Å². The molecular weight excluding hydrogens is 126 g/mol. The highest BCUT2D eigenvalue weighted by Crippen LogP contribution is 2.19. The van der Waals surface area contributed by atoms with Gasteiger partial charge in [-0.05, 0) is 12.3 Å². The van der Waals surface area contributed by atoms with Gasteiger partial charge in [0.25, 0.3) is 0 Å². The highest BCUT2D eigenvalue weighted by molar-refractivity contribution is 4.78. The van der Waals surface area contributed by atoms with Crippen LogP contribution in [0.5, 0.6) is 0 Å². The fraction of sp³-hybridized carbons (Fsp3) is 1.00. The average molecular weight is 143 g/mol. The Balaban J connectivity index is 1.95. The third kappa shape index (κ3) is 1.96. The van der Waals surface area contributed by atoms with Crippen LogP contribution in [0.2, 0.25) is 0 Å². The van der Waals surface area contributed by atoms with Crippen LogP contribution >= 0.6 is 0 Å². The fourth-order valence-corrected chi connectivity index (χ4v) is 1.59. The molecule has 2 nitrogen and oxygen atoms in total. The van der Waals surface area contributed by atoms with Gasteiger partial charge in [0.15, 0.2) is 0 Å². The monoisotopic (exact) mass is 143 g/mol. The topological polar surface area (TPSA) is 23.5 Å². The summed E-state index contributed by atoms with van der Waals surface area (Å²) in [5, 5.41) is 8.58. The van der Waals surface area contributed by atoms with E-state index in [0.717, 1.165) is 12.5 Å². The molecule has 1 rings (SSSR count). The Morgan fingerprint density at radius 1 is 1.50 bits per heavy atom. The Hall–Kier alpha value is -0.0800. The summed E-state index contributed by atoms with van der Waals surface area (Å²) in [6.45, 7) is 5.86. The predicted molar refractivity (Wildman–Crippen MR) is 41.9 cm³/mol. The summed E-state index contributed by atoms with van der Waals surface area (Å²) in [4.78, 5) is 2.31. The SMILES string of the molecule is CCCC1CN(CCO)C1. The molecule has 60 valence electrons. The molecule has 0 amide bonds. The largest absolute Gasteiger partial charge is 0.395 e. The maximum Gasteiger partial charge on any atom is 0.0558 e. The lowest BCUT2D eigenvalue weighted by molar-refractivity contribution is 0.0729. The van der Waals surface area contributed by atoms with Gasteiger partial charge in [-0.1, -0.05) is 13.3 Å². The molecule has 0 aliphatic carbocycles. The standard InChI is InChI=1S/C8H17NO/c1-2-3-8-6-9(7-8)4-5-10/h8,10H,2-7H2,1H3. The molecule has 1 heterocycles. The lowest BCUT2D eigenvalue weighted by Gasteiger charge is -2.38. The first-order chi connectivity index (χ1) is 4.86. The number of hydrogen-bond acceptors (Lipinski definition) is 2. The Labute approximate surface area is 62.8 Å². The second kappa shape index (κ2) is 3.94. The van der Waals surface area contributed by atoms with E-state index in [4.69, 9.17) is 5.11 Å². The first kappa shape index (κ1) is 8.02. The first-order valence-corrected chi connectivity index (χ1v) is 4.20. The molecule has 0 unspecified atom stereocenters. The Bertz CT molecular complexity index is 79.3. The minimum absolute atomic E-state index is 0.318. The van der Waals surface area contributed by atoms with Crippen molar-refractivity contribution in [3.8, 4) is 0 Å². The van der Waals surface area contributed by atoms with E-state index in [-0.39, 0.29) is 0 Å². The van der Waals surface area contributed by atoms with Crippen LogP contribution in [0.15, 0.2) is 0 Å². The molecule has 0 saturated carbocycles. The van der Waals surface area contributed by atoms with Crippen LogP contribution in [0, 0.1) is 5.92 Å². The van der Waals surface area contributed by atoms with Crippen molar-refractivity contribution < 1.29 is 5.11 Å². The number of β-amino-alcohol motifs (C(OH)–C–C–N with tert-alkyl or cyclic N) is 1. The molecule has 0 aromatic carbocycles. The predicted octanol–water partition coefficient (Wildman–Crippen LogP) is 0.711. The molecule has 1 saturated heterocycles. The van der Waals surface area contributed by atoms with Crippen LogP contribution in [0.3, 0.4) is 0 Å². The van der Waals surface area contributed by atoms with Gasteiger partial charge in [0, 0.05) is 19.6 Å². The van der Waals surface area contributed by atoms with Gasteiger partial charge in [0.05, 0.1) is 6.61 Å². The third-order valence-corrected chi connectivity index (χ3v) is 2.15. The lowest BCUT2D eigenvalue weighted by Crippen LogP contribution is -2.47. The summed E-state index contributed by atoms with van der Waals surface area (Å²) >= 11 is 0. The molecule has 10 heavy (non-hydrogen) atoms. The molecule has 0 atom stereocenters. The van der Waals surface area contributed by atoms with E-state index in [9.17, 15) is 0 Å². The Morgan fingerprint density at radius 3 is 2.70 bits per heavy atom. The third-order valence-electron chi connectivity index (χ3n) is 2.15. The smallest absolute Gasteiger partial charge is 0.0558 e. The van der Waals surface area contributed by atoms with Crippen LogP contribution in [-0.2, 0) is 0 Å². The van der Waals surface area contributed by atoms with Crippen LogP contribution in [0.25, 0.3) is 0 Å². The maximum atomic E-state index is 8.58. The quantitative estimate of drug-likeness (QED) is 0.626. The van der Waals surface area contributed by atoms with Crippen molar-refractivity contribution in [1.29, 1.82) is 0 Å². The summed E-state index contributed by atoms with van der Waals surface area (Å²) in [6.07, 6.45) is 2.67. The zero-order chi connectivity index (χ0) is 7.40. The van der Waals surface area contributed by atoms with E-state index in [1.165, 1.54) is 25.9 Å². The fourth-order valence-electron chi connectivity index (χ4n) is 1.59. The summed E-state index contributed by atoms with van der Waals surface area (Å²) in [6, 6.07) is 0. The van der Waals surface area contributed by atoms with Crippen molar-refractivity contribution in [1.82, 2.24) is 4.90 Å². The van der Waals surface area contributed by atoms with E-state index in [0.29, 0.717) is 6.61 Å². The van der Waals surface area contributed by atoms with Crippen molar-refractivity contribution in [2.45, 2.75) is 19.8 Å². The zero-order valence-electron chi connectivity index (χ0n) is 6.71. The maximum absolute atomic E-state index is 8.58. The second-order valence-electron chi connectivity index (χ2n) is 3.14. The van der Waals surface area contributed by atoms with Crippen molar-refractivity contribution in [3.63, 3.8) is 0 Å². The van der Waals surface area contributed by atoms with Crippen LogP contribution in [-0.4, -0.2) is 36.2 Å². The van der Waals surface area contributed by atoms with Gasteiger partial charge in [-0.25, -0.2) is 0 Å². The minimum atomic E-state index is 0.318. The van der Waals surface area contributed by atoms with Gasteiger partial charge in [-0.3, -0.25) is 0 Å². The van der Waals surface area contributed by atoms with Crippen molar-refractivity contribution in [3.05, 3.63) is 0 Å². The van der Waals surface area contributed by atoms with Gasteiger partial charge >= 0.3 is 0 Å². The number of nitrogens with zero attached hydrogens (tertiary/aromatic N) is 1. The number of likely N-dealkylation sites (tertiary alicyclic amines) is 1. The highest BCUT2D eigenvalue weighted by atomic mass is 16.3. The van der Waals surface area contributed by atoms with Crippen LogP contribution < -0.4 is 0 Å². The van der Waals surface area contributed by atoms with E-state index < -0.39 is 0 Å². The summed E-state index contributed by atoms with van der Waals surface area (Å²) in [5.41, 5.74) is 0. The molecule has 0 bridgehead atoms. The molecule has 1 aliphatic heterocycles. The molecular formula is C8H17NO. The molecule has 0 aromatic rings. The summed E-state index contributed by atoms with van der Waals surface area (Å²) in [7, 11) is 0. The lowest BCUT2D eigenvalue weighted by atomic mass is 9.95. The average Bonchev–Trinajstić information content (AvgIpc) is 1.84. The van der Waals surface area contributed by atoms with Crippen LogP contribution in [0.1, 0.15) is 19.8 Å². The number of aliphatic hydroxyl groups is 1. The molecule has 0 aromatic heterocycles. The highest BCUT2D eigenvalue weighted by Gasteiger charge is 2.24. The molecule has 0 spiro atoms. The Morgan fingerprint density at radius 2 is 2.20 bits per heavy atom. The van der Waals surface area contributed by atoms with E-state index in [1.807, 2.05) is 0 Å². The van der Waals surface area contributed by atoms with Gasteiger partial charge in [-0.15, -0.1) is 0 Å². The van der Waals surface area contributed by atoms with Gasteiger partial charge in [-0.2, -0.15) is 0 Å². The molecule has 1 aliphatic rings. The van der Waals surface area contributed by atoms with Gasteiger partial charge in [0.1, 0.15) is 0 Å². The molecule has 2 heteroatoms.